The van der Waals surface area contributed by atoms with Crippen molar-refractivity contribution in [3.05, 3.63) is 88.0 Å². The van der Waals surface area contributed by atoms with E-state index in [0.29, 0.717) is 16.3 Å². The van der Waals surface area contributed by atoms with Gasteiger partial charge in [-0.2, -0.15) is 0 Å². The van der Waals surface area contributed by atoms with Gasteiger partial charge in [0.05, 0.1) is 17.8 Å². The summed E-state index contributed by atoms with van der Waals surface area (Å²) in [5.74, 6) is 0.633. The summed E-state index contributed by atoms with van der Waals surface area (Å²) in [5.41, 5.74) is 0.523. The van der Waals surface area contributed by atoms with E-state index in [1.165, 1.54) is 25.1 Å². The number of para-hydroxylation sites is 1. The van der Waals surface area contributed by atoms with E-state index in [2.05, 4.69) is 5.32 Å². The average molecular weight is 438 g/mol. The number of halogens is 1. The van der Waals surface area contributed by atoms with Crippen LogP contribution >= 0.6 is 11.6 Å². The highest BCUT2D eigenvalue weighted by molar-refractivity contribution is 6.33. The molecule has 4 rings (SSSR count). The van der Waals surface area contributed by atoms with Gasteiger partial charge < -0.3 is 19.6 Å². The molecule has 31 heavy (non-hydrogen) atoms. The van der Waals surface area contributed by atoms with E-state index in [9.17, 15) is 14.7 Å². The second-order valence-electron chi connectivity index (χ2n) is 6.49. The van der Waals surface area contributed by atoms with Gasteiger partial charge in [0.25, 0.3) is 0 Å². The van der Waals surface area contributed by atoms with Crippen molar-refractivity contribution < 1.29 is 19.1 Å². The minimum absolute atomic E-state index is 0.00653. The normalized spacial score (nSPS) is 10.2. The lowest BCUT2D eigenvalue weighted by molar-refractivity contribution is -0.114. The topological polar surface area (TPSA) is 88.8 Å². The van der Waals surface area contributed by atoms with Crippen LogP contribution < -0.4 is 15.5 Å². The predicted molar refractivity (Wildman–Crippen MR) is 122 cm³/mol. The van der Waals surface area contributed by atoms with Gasteiger partial charge in [0, 0.05) is 18.6 Å². The molecule has 1 amide bonds. The molecule has 2 N–H and O–H groups in total. The van der Waals surface area contributed by atoms with E-state index in [-0.39, 0.29) is 28.4 Å². The Morgan fingerprint density at radius 3 is 2.32 bits per heavy atom. The first kappa shape index (κ1) is 21.9. The van der Waals surface area contributed by atoms with Crippen molar-refractivity contribution in [3.63, 3.8) is 0 Å². The number of methoxy groups -OCH3 is 1. The molecule has 0 spiro atoms. The van der Waals surface area contributed by atoms with Crippen LogP contribution in [0.5, 0.6) is 11.5 Å². The Kier molecular flexibility index (Phi) is 6.95. The molecule has 3 aromatic carbocycles. The highest BCUT2D eigenvalue weighted by Gasteiger charge is 2.16. The molecule has 1 heterocycles. The number of phenols is 1. The summed E-state index contributed by atoms with van der Waals surface area (Å²) in [6, 6.07) is 20.7. The van der Waals surface area contributed by atoms with Crippen LogP contribution in [0.3, 0.4) is 0 Å². The number of anilines is 1. The summed E-state index contributed by atoms with van der Waals surface area (Å²) in [5, 5.41) is 12.9. The van der Waals surface area contributed by atoms with Crippen molar-refractivity contribution in [2.24, 2.45) is 0 Å². The second kappa shape index (κ2) is 9.82. The van der Waals surface area contributed by atoms with Gasteiger partial charge in [-0.25, -0.2) is 0 Å². The van der Waals surface area contributed by atoms with Crippen molar-refractivity contribution in [1.82, 2.24) is 0 Å². The maximum atomic E-state index is 12.4. The Morgan fingerprint density at radius 2 is 1.71 bits per heavy atom. The molecule has 158 valence electrons. The third-order valence-electron chi connectivity index (χ3n) is 4.29. The summed E-state index contributed by atoms with van der Waals surface area (Å²) in [6.07, 6.45) is 0. The van der Waals surface area contributed by atoms with Crippen molar-refractivity contribution in [1.29, 1.82) is 0 Å². The zero-order valence-corrected chi connectivity index (χ0v) is 17.6. The van der Waals surface area contributed by atoms with Crippen LogP contribution in [0.15, 0.2) is 82.0 Å². The average Bonchev–Trinajstić information content (AvgIpc) is 2.76. The van der Waals surface area contributed by atoms with Crippen molar-refractivity contribution in [2.45, 2.75) is 6.92 Å². The van der Waals surface area contributed by atoms with Crippen LogP contribution in [-0.4, -0.2) is 18.1 Å². The molecule has 4 aromatic rings. The minimum Gasteiger partial charge on any atom is -0.507 e. The number of carbonyl (C=O) groups is 1. The van der Waals surface area contributed by atoms with E-state index >= 15 is 0 Å². The number of fused-ring (bicyclic) bond motifs is 1. The van der Waals surface area contributed by atoms with Gasteiger partial charge in [0.1, 0.15) is 22.6 Å². The summed E-state index contributed by atoms with van der Waals surface area (Å²) in [6.45, 7) is 1.34. The molecule has 0 fully saturated rings. The summed E-state index contributed by atoms with van der Waals surface area (Å²) >= 11 is 6.14. The van der Waals surface area contributed by atoms with E-state index in [0.717, 1.165) is 5.75 Å². The molecule has 0 saturated heterocycles. The number of rotatable bonds is 3. The Balaban J connectivity index is 0.000000287. The molecule has 0 radical (unpaired) electrons. The van der Waals surface area contributed by atoms with Gasteiger partial charge in [0.15, 0.2) is 11.0 Å². The smallest absolute Gasteiger partial charge is 0.221 e. The van der Waals surface area contributed by atoms with Crippen molar-refractivity contribution in [3.8, 4) is 22.8 Å². The quantitative estimate of drug-likeness (QED) is 0.415. The Morgan fingerprint density at radius 1 is 1.03 bits per heavy atom. The molecule has 0 unspecified atom stereocenters. The first-order chi connectivity index (χ1) is 14.9. The number of amides is 1. The zero-order chi connectivity index (χ0) is 22.4. The molecule has 0 aliphatic heterocycles. The Bertz CT molecular complexity index is 1270. The predicted octanol–water partition coefficient (Wildman–Crippen LogP) is 5.47. The zero-order valence-electron chi connectivity index (χ0n) is 16.9. The lowest BCUT2D eigenvalue weighted by Gasteiger charge is -2.10. The highest BCUT2D eigenvalue weighted by atomic mass is 35.5. The molecule has 6 nitrogen and oxygen atoms in total. The monoisotopic (exact) mass is 437 g/mol. The highest BCUT2D eigenvalue weighted by Crippen LogP contribution is 2.34. The van der Waals surface area contributed by atoms with Gasteiger partial charge in [0.2, 0.25) is 5.91 Å². The second-order valence-corrected chi connectivity index (χ2v) is 6.90. The summed E-state index contributed by atoms with van der Waals surface area (Å²) in [4.78, 5) is 23.7. The summed E-state index contributed by atoms with van der Waals surface area (Å²) < 4.78 is 10.7. The molecule has 0 bridgehead atoms. The van der Waals surface area contributed by atoms with Gasteiger partial charge in [-0.05, 0) is 36.4 Å². The van der Waals surface area contributed by atoms with E-state index in [4.69, 9.17) is 20.8 Å². The molecular formula is C24H20ClNO5. The van der Waals surface area contributed by atoms with Gasteiger partial charge >= 0.3 is 0 Å². The van der Waals surface area contributed by atoms with E-state index < -0.39 is 5.43 Å². The number of phenolic OH excluding ortho intramolecular Hbond substituents is 1. The third kappa shape index (κ3) is 5.24. The van der Waals surface area contributed by atoms with Crippen LogP contribution in [0.1, 0.15) is 6.92 Å². The van der Waals surface area contributed by atoms with Crippen molar-refractivity contribution >= 4 is 34.2 Å². The van der Waals surface area contributed by atoms with Crippen LogP contribution in [0, 0.1) is 0 Å². The molecule has 0 atom stereocenters. The first-order valence-electron chi connectivity index (χ1n) is 9.32. The first-order valence-corrected chi connectivity index (χ1v) is 9.70. The van der Waals surface area contributed by atoms with Gasteiger partial charge in [-0.1, -0.05) is 41.9 Å². The number of aromatic hydroxyl groups is 1. The minimum atomic E-state index is -0.425. The molecule has 7 heteroatoms. The Hall–Kier alpha value is -3.77. The number of nitrogens with one attached hydrogen (secondary N) is 1. The largest absolute Gasteiger partial charge is 0.507 e. The SMILES string of the molecule is CC(=O)Nc1ccc(O)c2c(=O)cc(-c3ccccc3Cl)oc12.COc1ccccc1. The van der Waals surface area contributed by atoms with Crippen LogP contribution in [0.4, 0.5) is 5.69 Å². The standard InChI is InChI=1S/C17H12ClNO4.C7H8O/c1-9(20)19-12-6-7-13(21)16-14(22)8-15(23-17(12)16)10-4-2-3-5-11(10)18;1-8-7-5-3-2-4-6-7/h2-8,21H,1H3,(H,19,20);2-6H,1H3. The fourth-order valence-electron chi connectivity index (χ4n) is 2.89. The van der Waals surface area contributed by atoms with Crippen molar-refractivity contribution in [2.75, 3.05) is 12.4 Å². The maximum Gasteiger partial charge on any atom is 0.221 e. The van der Waals surface area contributed by atoms with Gasteiger partial charge in [-0.15, -0.1) is 0 Å². The molecular weight excluding hydrogens is 418 g/mol. The Labute approximate surface area is 183 Å². The number of hydrogen-bond acceptors (Lipinski definition) is 5. The molecule has 1 aromatic heterocycles. The molecule has 0 saturated carbocycles. The fraction of sp³-hybridized carbons (Fsp3) is 0.0833. The number of benzene rings is 3. The molecule has 0 aliphatic carbocycles. The van der Waals surface area contributed by atoms with Crippen LogP contribution in [0.2, 0.25) is 5.02 Å². The fourth-order valence-corrected chi connectivity index (χ4v) is 3.11. The molecule has 0 aliphatic rings. The van der Waals surface area contributed by atoms with Crippen LogP contribution in [-0.2, 0) is 4.79 Å². The lowest BCUT2D eigenvalue weighted by Crippen LogP contribution is -2.08. The maximum absolute atomic E-state index is 12.4. The van der Waals surface area contributed by atoms with E-state index in [1.54, 1.807) is 31.4 Å². The number of ether oxygens (including phenoxy) is 1. The van der Waals surface area contributed by atoms with Crippen LogP contribution in [0.25, 0.3) is 22.3 Å². The summed E-state index contributed by atoms with van der Waals surface area (Å²) in [7, 11) is 1.66. The van der Waals surface area contributed by atoms with Gasteiger partial charge in [-0.3, -0.25) is 9.59 Å². The van der Waals surface area contributed by atoms with E-state index in [1.807, 2.05) is 30.3 Å². The number of hydrogen-bond donors (Lipinski definition) is 2. The third-order valence-corrected chi connectivity index (χ3v) is 4.61. The lowest BCUT2D eigenvalue weighted by atomic mass is 10.1. The number of carbonyl (C=O) groups excluding carboxylic acids is 1.